The van der Waals surface area contributed by atoms with Gasteiger partial charge < -0.3 is 0 Å². The average Bonchev–Trinajstić information content (AvgIpc) is 1.38. The van der Waals surface area contributed by atoms with Gasteiger partial charge in [0.1, 0.15) is 0 Å². The summed E-state index contributed by atoms with van der Waals surface area (Å²) in [5, 5.41) is 0. The van der Waals surface area contributed by atoms with Gasteiger partial charge in [-0.15, -0.1) is 0 Å². The van der Waals surface area contributed by atoms with E-state index in [0.29, 0.717) is 7.85 Å². The van der Waals surface area contributed by atoms with E-state index in [1.807, 2.05) is 10.8 Å². The molecule has 1 atom stereocenters. The average molecular weight is 173 g/mol. The summed E-state index contributed by atoms with van der Waals surface area (Å²) < 4.78 is 0. The summed E-state index contributed by atoms with van der Waals surface area (Å²) in [7, 11) is 2.32. The molecule has 0 bridgehead atoms. The molecule has 0 aliphatic heterocycles. The molecular weight excluding hydrogens is 167 g/mol. The van der Waals surface area contributed by atoms with Gasteiger partial charge in [0.25, 0.3) is 0 Å². The molecule has 0 N–H and O–H groups in total. The fraction of sp³-hybridized carbons (Fsp3) is 1.00. The predicted octanol–water partition coefficient (Wildman–Crippen LogP) is 1.25. The molecule has 0 saturated heterocycles. The van der Waals surface area contributed by atoms with Crippen LogP contribution in [0.5, 0.6) is 0 Å². The van der Waals surface area contributed by atoms with Crippen molar-refractivity contribution in [3.05, 3.63) is 0 Å². The van der Waals surface area contributed by atoms with Crippen LogP contribution in [0.15, 0.2) is 0 Å². The Balaban J connectivity index is 2.85. The van der Waals surface area contributed by atoms with Crippen LogP contribution in [0.25, 0.3) is 0 Å². The molecule has 0 aromatic rings. The summed E-state index contributed by atoms with van der Waals surface area (Å²) in [5.74, 6) is 0. The van der Waals surface area contributed by atoms with Crippen molar-refractivity contribution in [1.29, 1.82) is 0 Å². The van der Waals surface area contributed by atoms with Crippen LogP contribution in [0.2, 0.25) is 0 Å². The van der Waals surface area contributed by atoms with E-state index in [1.54, 1.807) is 0 Å². The van der Waals surface area contributed by atoms with Crippen LogP contribution in [0, 0.1) is 0 Å². The SMILES string of the molecule is CSS(C)=[Se]. The summed E-state index contributed by atoms with van der Waals surface area (Å²) in [6.07, 6.45) is 4.25. The monoisotopic (exact) mass is 174 g/mol. The first-order chi connectivity index (χ1) is 2.27. The molecule has 0 aromatic heterocycles. The summed E-state index contributed by atoms with van der Waals surface area (Å²) >= 11 is 2.98. The summed E-state index contributed by atoms with van der Waals surface area (Å²) in [5.41, 5.74) is 0. The van der Waals surface area contributed by atoms with Crippen LogP contribution < -0.4 is 0 Å². The van der Waals surface area contributed by atoms with E-state index in [-0.39, 0.29) is 0 Å². The number of rotatable bonds is 1. The molecule has 0 heterocycles. The Hall–Kier alpha value is 1.22. The molecule has 5 heavy (non-hydrogen) atoms. The molecule has 0 nitrogen and oxygen atoms in total. The maximum absolute atomic E-state index is 2.98. The second-order valence-electron chi connectivity index (χ2n) is 0.568. The van der Waals surface area contributed by atoms with E-state index in [0.717, 1.165) is 0 Å². The van der Waals surface area contributed by atoms with E-state index in [9.17, 15) is 0 Å². The zero-order valence-corrected chi connectivity index (χ0v) is 6.57. The molecule has 0 aliphatic carbocycles. The normalized spacial score (nSPS) is 14.8. The molecule has 32 valence electrons. The second-order valence-corrected chi connectivity index (χ2v) is 8.78. The summed E-state index contributed by atoms with van der Waals surface area (Å²) in [6.45, 7) is 0. The zero-order chi connectivity index (χ0) is 4.28. The molecule has 0 aromatic carbocycles. The first-order valence-electron chi connectivity index (χ1n) is 1.15. The fourth-order valence-corrected chi connectivity index (χ4v) is 0. The molecular formula is C2H6S2Se. The van der Waals surface area contributed by atoms with Gasteiger partial charge >= 0.3 is 45.5 Å². The quantitative estimate of drug-likeness (QED) is 0.424. The van der Waals surface area contributed by atoms with Gasteiger partial charge in [0.2, 0.25) is 0 Å². The van der Waals surface area contributed by atoms with Crippen LogP contribution in [-0.4, -0.2) is 26.9 Å². The van der Waals surface area contributed by atoms with Gasteiger partial charge in [-0.25, -0.2) is 0 Å². The Morgan fingerprint density at radius 2 is 2.00 bits per heavy atom. The Morgan fingerprint density at radius 1 is 1.80 bits per heavy atom. The minimum absolute atomic E-state index is 0.469. The Bertz CT molecular complexity index is 42.9. The van der Waals surface area contributed by atoms with E-state index in [1.165, 1.54) is 0 Å². The molecule has 0 aliphatic rings. The molecule has 0 spiro atoms. The Labute approximate surface area is 45.7 Å². The van der Waals surface area contributed by atoms with Gasteiger partial charge in [-0.2, -0.15) is 0 Å². The number of hydrogen-bond acceptors (Lipinski definition) is 1. The van der Waals surface area contributed by atoms with Crippen LogP contribution in [0.1, 0.15) is 0 Å². The standard InChI is InChI=1S/C2H6S2Se/c1-3-4(2)5/h1-2H3. The van der Waals surface area contributed by atoms with Gasteiger partial charge in [0, 0.05) is 0 Å². The third kappa shape index (κ3) is 5.22. The van der Waals surface area contributed by atoms with Crippen molar-refractivity contribution < 1.29 is 0 Å². The van der Waals surface area contributed by atoms with Crippen molar-refractivity contribution in [2.45, 2.75) is 0 Å². The third-order valence-corrected chi connectivity index (χ3v) is 4.68. The van der Waals surface area contributed by atoms with E-state index < -0.39 is 0 Å². The molecule has 0 saturated carbocycles. The van der Waals surface area contributed by atoms with E-state index in [2.05, 4.69) is 26.9 Å². The van der Waals surface area contributed by atoms with Gasteiger partial charge in [0.15, 0.2) is 0 Å². The van der Waals surface area contributed by atoms with Crippen molar-refractivity contribution in [2.24, 2.45) is 0 Å². The van der Waals surface area contributed by atoms with Crippen LogP contribution in [-0.2, 0) is 0 Å². The van der Waals surface area contributed by atoms with E-state index >= 15 is 0 Å². The molecule has 3 heteroatoms. The Morgan fingerprint density at radius 3 is 2.00 bits per heavy atom. The second kappa shape index (κ2) is 3.41. The first kappa shape index (κ1) is 6.22. The van der Waals surface area contributed by atoms with Crippen LogP contribution in [0.3, 0.4) is 0 Å². The van der Waals surface area contributed by atoms with Crippen molar-refractivity contribution in [3.8, 4) is 0 Å². The summed E-state index contributed by atoms with van der Waals surface area (Å²) in [4.78, 5) is 0. The van der Waals surface area contributed by atoms with Crippen molar-refractivity contribution in [2.75, 3.05) is 12.5 Å². The molecule has 0 fully saturated rings. The van der Waals surface area contributed by atoms with Gasteiger partial charge in [-0.05, 0) is 0 Å². The minimum atomic E-state index is 0.469. The van der Waals surface area contributed by atoms with E-state index in [4.69, 9.17) is 0 Å². The Kier molecular flexibility index (Phi) is 4.24. The maximum atomic E-state index is 2.98. The fourth-order valence-electron chi connectivity index (χ4n) is 0. The van der Waals surface area contributed by atoms with Crippen molar-refractivity contribution >= 4 is 33.0 Å². The molecule has 1 unspecified atom stereocenters. The zero-order valence-electron chi connectivity index (χ0n) is 3.22. The van der Waals surface area contributed by atoms with Gasteiger partial charge in [0.05, 0.1) is 0 Å². The molecule has 0 radical (unpaired) electrons. The third-order valence-electron chi connectivity index (χ3n) is 0.235. The summed E-state index contributed by atoms with van der Waals surface area (Å²) in [6, 6.07) is 0. The molecule has 0 rings (SSSR count). The van der Waals surface area contributed by atoms with Crippen LogP contribution in [0.4, 0.5) is 0 Å². The van der Waals surface area contributed by atoms with Gasteiger partial charge in [-0.3, -0.25) is 0 Å². The van der Waals surface area contributed by atoms with Gasteiger partial charge in [-0.1, -0.05) is 0 Å². The van der Waals surface area contributed by atoms with Crippen molar-refractivity contribution in [3.63, 3.8) is 0 Å². The predicted molar refractivity (Wildman–Crippen MR) is 32.8 cm³/mol. The molecule has 0 amide bonds. The van der Waals surface area contributed by atoms with Crippen molar-refractivity contribution in [1.82, 2.24) is 0 Å². The topological polar surface area (TPSA) is 0 Å². The van der Waals surface area contributed by atoms with Crippen LogP contribution >= 0.6 is 18.6 Å². The first-order valence-corrected chi connectivity index (χ1v) is 6.55. The number of hydrogen-bond donors (Lipinski definition) is 0.